The molecule has 1 saturated heterocycles. The maximum atomic E-state index is 10.4. The summed E-state index contributed by atoms with van der Waals surface area (Å²) in [6.07, 6.45) is 3.62. The van der Waals surface area contributed by atoms with Crippen LogP contribution in [0.4, 0.5) is 0 Å². The smallest absolute Gasteiger partial charge is 0.156 e. The SMILES string of the molecule is COc1ccc2[nH]cc(C3CCN(CC(O)COc4c(Cl)cccc4Cl)CC3)c2c1. The Bertz CT molecular complexity index is 979. The van der Waals surface area contributed by atoms with Gasteiger partial charge < -0.3 is 24.5 Å². The molecule has 1 unspecified atom stereocenters. The van der Waals surface area contributed by atoms with Gasteiger partial charge >= 0.3 is 0 Å². The quantitative estimate of drug-likeness (QED) is 0.527. The molecule has 30 heavy (non-hydrogen) atoms. The van der Waals surface area contributed by atoms with Crippen LogP contribution in [-0.4, -0.2) is 54.4 Å². The molecule has 7 heteroatoms. The van der Waals surface area contributed by atoms with Gasteiger partial charge in [-0.1, -0.05) is 29.3 Å². The molecule has 1 aliphatic rings. The number of rotatable bonds is 7. The number of ether oxygens (including phenoxy) is 2. The maximum Gasteiger partial charge on any atom is 0.156 e. The van der Waals surface area contributed by atoms with Gasteiger partial charge in [0.05, 0.1) is 17.2 Å². The first-order valence-electron chi connectivity index (χ1n) is 10.2. The van der Waals surface area contributed by atoms with Crippen LogP contribution in [0, 0.1) is 0 Å². The van der Waals surface area contributed by atoms with Crippen LogP contribution in [-0.2, 0) is 0 Å². The number of nitrogens with zero attached hydrogens (tertiary/aromatic N) is 1. The molecule has 1 fully saturated rings. The number of hydrogen-bond acceptors (Lipinski definition) is 4. The maximum absolute atomic E-state index is 10.4. The number of aromatic amines is 1. The van der Waals surface area contributed by atoms with Crippen LogP contribution in [0.25, 0.3) is 10.9 Å². The number of likely N-dealkylation sites (tertiary alicyclic amines) is 1. The molecule has 4 rings (SSSR count). The molecule has 0 bridgehead atoms. The lowest BCUT2D eigenvalue weighted by atomic mass is 9.89. The Balaban J connectivity index is 1.30. The van der Waals surface area contributed by atoms with Gasteiger partial charge in [0.2, 0.25) is 0 Å². The molecule has 0 spiro atoms. The van der Waals surface area contributed by atoms with Crippen LogP contribution in [0.2, 0.25) is 10.0 Å². The number of nitrogens with one attached hydrogen (secondary N) is 1. The van der Waals surface area contributed by atoms with E-state index in [1.54, 1.807) is 25.3 Å². The first-order chi connectivity index (χ1) is 14.5. The van der Waals surface area contributed by atoms with Gasteiger partial charge in [-0.05, 0) is 67.7 Å². The number of aromatic nitrogens is 1. The molecular formula is C23H26Cl2N2O3. The normalized spacial score (nSPS) is 16.7. The second-order valence-electron chi connectivity index (χ2n) is 7.75. The molecule has 1 aromatic heterocycles. The number of piperidine rings is 1. The topological polar surface area (TPSA) is 57.7 Å². The fourth-order valence-corrected chi connectivity index (χ4v) is 4.67. The van der Waals surface area contributed by atoms with E-state index >= 15 is 0 Å². The summed E-state index contributed by atoms with van der Waals surface area (Å²) in [5, 5.41) is 12.6. The highest BCUT2D eigenvalue weighted by atomic mass is 35.5. The van der Waals surface area contributed by atoms with Crippen molar-refractivity contribution in [3.63, 3.8) is 0 Å². The van der Waals surface area contributed by atoms with Gasteiger partial charge in [0.1, 0.15) is 18.5 Å². The lowest BCUT2D eigenvalue weighted by molar-refractivity contribution is 0.0595. The second kappa shape index (κ2) is 9.48. The number of benzene rings is 2. The summed E-state index contributed by atoms with van der Waals surface area (Å²) in [5.41, 5.74) is 2.49. The van der Waals surface area contributed by atoms with Crippen molar-refractivity contribution in [2.75, 3.05) is 33.4 Å². The van der Waals surface area contributed by atoms with E-state index in [4.69, 9.17) is 32.7 Å². The van der Waals surface area contributed by atoms with E-state index in [1.165, 1.54) is 10.9 Å². The summed E-state index contributed by atoms with van der Waals surface area (Å²) in [7, 11) is 1.70. The van der Waals surface area contributed by atoms with Gasteiger partial charge in [-0.3, -0.25) is 0 Å². The lowest BCUT2D eigenvalue weighted by Gasteiger charge is -2.33. The molecule has 160 valence electrons. The highest BCUT2D eigenvalue weighted by Gasteiger charge is 2.24. The zero-order chi connectivity index (χ0) is 21.1. The number of H-pyrrole nitrogens is 1. The standard InChI is InChI=1S/C23H26Cl2N2O3/c1-29-17-5-6-22-18(11-17)19(12-26-22)15-7-9-27(10-8-15)13-16(28)14-30-23-20(24)3-2-4-21(23)25/h2-6,11-12,15-16,26,28H,7-10,13-14H2,1H3. The average Bonchev–Trinajstić information content (AvgIpc) is 3.17. The minimum absolute atomic E-state index is 0.158. The number of halogens is 2. The van der Waals surface area contributed by atoms with Crippen molar-refractivity contribution in [2.24, 2.45) is 0 Å². The van der Waals surface area contributed by atoms with Crippen LogP contribution in [0.1, 0.15) is 24.3 Å². The van der Waals surface area contributed by atoms with E-state index in [-0.39, 0.29) is 6.61 Å². The Labute approximate surface area is 186 Å². The van der Waals surface area contributed by atoms with E-state index in [0.29, 0.717) is 28.3 Å². The molecule has 0 saturated carbocycles. The molecule has 0 amide bonds. The molecule has 2 N–H and O–H groups in total. The fraction of sp³-hybridized carbons (Fsp3) is 0.391. The summed E-state index contributed by atoms with van der Waals surface area (Å²) in [6, 6.07) is 11.4. The van der Waals surface area contributed by atoms with E-state index in [0.717, 1.165) is 37.2 Å². The number of β-amino-alcohol motifs (C(OH)–C–C–N with tert-alkyl or cyclic N) is 1. The van der Waals surface area contributed by atoms with Crippen LogP contribution in [0.3, 0.4) is 0 Å². The monoisotopic (exact) mass is 448 g/mol. The minimum atomic E-state index is -0.605. The summed E-state index contributed by atoms with van der Waals surface area (Å²) in [5.74, 6) is 1.80. The summed E-state index contributed by atoms with van der Waals surface area (Å²) in [6.45, 7) is 2.60. The summed E-state index contributed by atoms with van der Waals surface area (Å²) >= 11 is 12.2. The molecule has 3 aromatic rings. The highest BCUT2D eigenvalue weighted by molar-refractivity contribution is 6.37. The largest absolute Gasteiger partial charge is 0.497 e. The third-order valence-electron chi connectivity index (χ3n) is 5.76. The van der Waals surface area contributed by atoms with Crippen molar-refractivity contribution in [3.05, 3.63) is 58.2 Å². The number of aliphatic hydroxyl groups excluding tert-OH is 1. The van der Waals surface area contributed by atoms with Crippen molar-refractivity contribution in [2.45, 2.75) is 24.9 Å². The third kappa shape index (κ3) is 4.70. The molecule has 2 heterocycles. The van der Waals surface area contributed by atoms with Crippen molar-refractivity contribution < 1.29 is 14.6 Å². The van der Waals surface area contributed by atoms with Gasteiger partial charge in [-0.15, -0.1) is 0 Å². The number of methoxy groups -OCH3 is 1. The van der Waals surface area contributed by atoms with E-state index in [2.05, 4.69) is 28.2 Å². The van der Waals surface area contributed by atoms with E-state index < -0.39 is 6.10 Å². The molecule has 0 aliphatic carbocycles. The zero-order valence-corrected chi connectivity index (χ0v) is 18.4. The van der Waals surface area contributed by atoms with Crippen molar-refractivity contribution in [1.82, 2.24) is 9.88 Å². The minimum Gasteiger partial charge on any atom is -0.497 e. The number of fused-ring (bicyclic) bond motifs is 1. The van der Waals surface area contributed by atoms with Gasteiger partial charge in [-0.2, -0.15) is 0 Å². The predicted molar refractivity (Wildman–Crippen MR) is 121 cm³/mol. The van der Waals surface area contributed by atoms with Crippen molar-refractivity contribution >= 4 is 34.1 Å². The van der Waals surface area contributed by atoms with Gasteiger partial charge in [0.25, 0.3) is 0 Å². The van der Waals surface area contributed by atoms with Crippen LogP contribution in [0.15, 0.2) is 42.6 Å². The van der Waals surface area contributed by atoms with Crippen molar-refractivity contribution in [3.8, 4) is 11.5 Å². The van der Waals surface area contributed by atoms with Crippen molar-refractivity contribution in [1.29, 1.82) is 0 Å². The Morgan fingerprint density at radius 1 is 1.17 bits per heavy atom. The van der Waals surface area contributed by atoms with Crippen LogP contribution >= 0.6 is 23.2 Å². The first kappa shape index (κ1) is 21.3. The summed E-state index contributed by atoms with van der Waals surface area (Å²) in [4.78, 5) is 5.66. The van der Waals surface area contributed by atoms with Crippen LogP contribution < -0.4 is 9.47 Å². The Morgan fingerprint density at radius 2 is 1.90 bits per heavy atom. The Hall–Kier alpha value is -1.92. The highest BCUT2D eigenvalue weighted by Crippen LogP contribution is 2.35. The van der Waals surface area contributed by atoms with Gasteiger partial charge in [0, 0.05) is 23.6 Å². The average molecular weight is 449 g/mol. The molecule has 0 radical (unpaired) electrons. The Kier molecular flexibility index (Phi) is 6.74. The van der Waals surface area contributed by atoms with E-state index in [1.807, 2.05) is 6.07 Å². The zero-order valence-electron chi connectivity index (χ0n) is 16.9. The number of para-hydroxylation sites is 1. The number of hydrogen-bond donors (Lipinski definition) is 2. The first-order valence-corrected chi connectivity index (χ1v) is 10.9. The summed E-state index contributed by atoms with van der Waals surface area (Å²) < 4.78 is 11.1. The Morgan fingerprint density at radius 3 is 2.60 bits per heavy atom. The predicted octanol–water partition coefficient (Wildman–Crippen LogP) is 5.10. The molecule has 2 aromatic carbocycles. The second-order valence-corrected chi connectivity index (χ2v) is 8.56. The van der Waals surface area contributed by atoms with Crippen LogP contribution in [0.5, 0.6) is 11.5 Å². The van der Waals surface area contributed by atoms with E-state index in [9.17, 15) is 5.11 Å². The third-order valence-corrected chi connectivity index (χ3v) is 6.35. The fourth-order valence-electron chi connectivity index (χ4n) is 4.16. The molecule has 1 atom stereocenters. The number of aliphatic hydroxyl groups is 1. The lowest BCUT2D eigenvalue weighted by Crippen LogP contribution is -2.40. The molecule has 5 nitrogen and oxygen atoms in total. The molecular weight excluding hydrogens is 423 g/mol. The van der Waals surface area contributed by atoms with Gasteiger partial charge in [0.15, 0.2) is 5.75 Å². The molecule has 1 aliphatic heterocycles. The van der Waals surface area contributed by atoms with Gasteiger partial charge in [-0.25, -0.2) is 0 Å².